The highest BCUT2D eigenvalue weighted by atomic mass is 32.1. The van der Waals surface area contributed by atoms with Crippen molar-refractivity contribution in [2.75, 3.05) is 18.1 Å². The summed E-state index contributed by atoms with van der Waals surface area (Å²) in [5.74, 6) is -1.94. The zero-order valence-corrected chi connectivity index (χ0v) is 16.1. The maximum Gasteiger partial charge on any atom is 0.321 e. The second-order valence-electron chi connectivity index (χ2n) is 4.81. The van der Waals surface area contributed by atoms with Gasteiger partial charge in [0, 0.05) is 17.1 Å². The molecule has 1 aromatic rings. The van der Waals surface area contributed by atoms with E-state index in [1.165, 1.54) is 0 Å². The van der Waals surface area contributed by atoms with Crippen molar-refractivity contribution in [2.24, 2.45) is 11.5 Å². The van der Waals surface area contributed by atoms with Crippen molar-refractivity contribution >= 4 is 43.1 Å². The maximum atomic E-state index is 11.2. The molecule has 0 fully saturated rings. The molecular weight excluding hydrogens is 398 g/mol. The van der Waals surface area contributed by atoms with Crippen LogP contribution in [-0.4, -0.2) is 74.7 Å². The summed E-state index contributed by atoms with van der Waals surface area (Å²) >= 11 is 7.30. The number of thiol groups is 2. The first-order valence-electron chi connectivity index (χ1n) is 7.44. The van der Waals surface area contributed by atoms with Gasteiger partial charge in [0.2, 0.25) is 0 Å². The first kappa shape index (κ1) is 27.4. The summed E-state index contributed by atoms with van der Waals surface area (Å²) in [7, 11) is 0. The Morgan fingerprint density at radius 1 is 0.926 bits per heavy atom. The summed E-state index contributed by atoms with van der Waals surface area (Å²) in [4.78, 5) is 30.7. The van der Waals surface area contributed by atoms with E-state index in [0.29, 0.717) is 5.56 Å². The highest BCUT2D eigenvalue weighted by Crippen LogP contribution is 1.97. The number of carbonyl (C=O) groups excluding carboxylic acids is 1. The summed E-state index contributed by atoms with van der Waals surface area (Å²) in [5, 5.41) is 35.4. The molecule has 0 aromatic heterocycles. The minimum Gasteiger partial charge on any atom is -0.480 e. The molecule has 0 spiro atoms. The first-order valence-corrected chi connectivity index (χ1v) is 8.71. The van der Waals surface area contributed by atoms with Gasteiger partial charge in [-0.25, -0.2) is 0 Å². The molecule has 1 amide bonds. The predicted molar refractivity (Wildman–Crippen MR) is 106 cm³/mol. The Hall–Kier alpha value is -1.83. The zero-order valence-electron chi connectivity index (χ0n) is 14.3. The van der Waals surface area contributed by atoms with Gasteiger partial charge in [-0.15, -0.1) is 0 Å². The van der Waals surface area contributed by atoms with Crippen molar-refractivity contribution in [1.82, 2.24) is 5.32 Å². The molecule has 2 atom stereocenters. The number of rotatable bonds is 7. The van der Waals surface area contributed by atoms with Crippen LogP contribution < -0.4 is 16.8 Å². The molecule has 10 nitrogen and oxygen atoms in total. The van der Waals surface area contributed by atoms with Crippen LogP contribution in [0.1, 0.15) is 10.4 Å². The van der Waals surface area contributed by atoms with Crippen LogP contribution >= 0.6 is 25.3 Å². The van der Waals surface area contributed by atoms with Gasteiger partial charge in [-0.2, -0.15) is 25.3 Å². The van der Waals surface area contributed by atoms with E-state index in [0.717, 1.165) is 0 Å². The van der Waals surface area contributed by atoms with Gasteiger partial charge in [-0.05, 0) is 12.1 Å². The minimum atomic E-state index is -1.51. The van der Waals surface area contributed by atoms with Gasteiger partial charge in [0.05, 0.1) is 6.54 Å². The fourth-order valence-corrected chi connectivity index (χ4v) is 1.34. The Bertz CT molecular complexity index is 542. The molecule has 1 rings (SSSR count). The standard InChI is InChI=1S/C9H11NO3.2C3H7NO2S/c11-8(12)6-10-9(13)7-4-2-1-3-5-7;2*4-2(1-7)3(5)6/h1-5,8,11-12H,6H2,(H,10,13);2*2,7H,1,4H2,(H,5,6). The van der Waals surface area contributed by atoms with Gasteiger partial charge < -0.3 is 37.2 Å². The molecule has 0 saturated heterocycles. The Morgan fingerprint density at radius 3 is 1.59 bits per heavy atom. The van der Waals surface area contributed by atoms with Crippen LogP contribution in [0.3, 0.4) is 0 Å². The van der Waals surface area contributed by atoms with Gasteiger partial charge in [0.25, 0.3) is 5.91 Å². The Labute approximate surface area is 167 Å². The topological polar surface area (TPSA) is 196 Å². The third-order valence-corrected chi connectivity index (χ3v) is 3.30. The van der Waals surface area contributed by atoms with Crippen LogP contribution in [0.15, 0.2) is 30.3 Å². The molecule has 0 radical (unpaired) electrons. The van der Waals surface area contributed by atoms with E-state index in [1.54, 1.807) is 30.3 Å². The molecule has 0 aliphatic rings. The number of carboxylic acids is 2. The molecule has 0 aliphatic heterocycles. The van der Waals surface area contributed by atoms with E-state index in [-0.39, 0.29) is 24.0 Å². The summed E-state index contributed by atoms with van der Waals surface area (Å²) in [6.07, 6.45) is -1.51. The fraction of sp³-hybridized carbons (Fsp3) is 0.400. The van der Waals surface area contributed by atoms with Crippen LogP contribution in [0, 0.1) is 0 Å². The Morgan fingerprint density at radius 2 is 1.33 bits per heavy atom. The normalized spacial score (nSPS) is 11.8. The lowest BCUT2D eigenvalue weighted by Gasteiger charge is -2.05. The molecule has 2 unspecified atom stereocenters. The number of amides is 1. The van der Waals surface area contributed by atoms with Crippen LogP contribution in [-0.2, 0) is 9.59 Å². The Balaban J connectivity index is 0. The SMILES string of the molecule is NC(CS)C(=O)O.NC(CS)C(=O)O.O=C(NCC(O)O)c1ccccc1. The predicted octanol–water partition coefficient (Wildman–Crippen LogP) is -1.62. The number of carbonyl (C=O) groups is 3. The molecule has 12 heteroatoms. The van der Waals surface area contributed by atoms with Crippen molar-refractivity contribution in [3.8, 4) is 0 Å². The number of aliphatic hydroxyl groups is 2. The molecule has 27 heavy (non-hydrogen) atoms. The molecular formula is C15H25N3O7S2. The lowest BCUT2D eigenvalue weighted by atomic mass is 10.2. The number of aliphatic hydroxyl groups excluding tert-OH is 1. The highest BCUT2D eigenvalue weighted by Gasteiger charge is 2.07. The first-order chi connectivity index (χ1) is 12.6. The van der Waals surface area contributed by atoms with Gasteiger partial charge in [-0.3, -0.25) is 14.4 Å². The van der Waals surface area contributed by atoms with Crippen molar-refractivity contribution in [1.29, 1.82) is 0 Å². The van der Waals surface area contributed by atoms with Crippen molar-refractivity contribution in [2.45, 2.75) is 18.4 Å². The van der Waals surface area contributed by atoms with Crippen molar-refractivity contribution < 1.29 is 34.8 Å². The van der Waals surface area contributed by atoms with E-state index in [1.807, 2.05) is 0 Å². The lowest BCUT2D eigenvalue weighted by Crippen LogP contribution is -2.31. The maximum absolute atomic E-state index is 11.2. The summed E-state index contributed by atoms with van der Waals surface area (Å²) in [6.45, 7) is -0.159. The number of hydrogen-bond acceptors (Lipinski definition) is 9. The van der Waals surface area contributed by atoms with Crippen LogP contribution in [0.25, 0.3) is 0 Å². The van der Waals surface area contributed by atoms with E-state index in [2.05, 4.69) is 30.6 Å². The van der Waals surface area contributed by atoms with E-state index in [9.17, 15) is 14.4 Å². The molecule has 154 valence electrons. The molecule has 9 N–H and O–H groups in total. The summed E-state index contributed by atoms with van der Waals surface area (Å²) in [5.41, 5.74) is 10.4. The number of benzene rings is 1. The zero-order chi connectivity index (χ0) is 21.4. The van der Waals surface area contributed by atoms with Crippen molar-refractivity contribution in [3.63, 3.8) is 0 Å². The second-order valence-corrected chi connectivity index (χ2v) is 5.54. The average Bonchev–Trinajstić information content (AvgIpc) is 2.66. The third-order valence-electron chi connectivity index (χ3n) is 2.51. The third kappa shape index (κ3) is 16.1. The number of nitrogens with two attached hydrogens (primary N) is 2. The number of hydrogen-bond donors (Lipinski definition) is 9. The van der Waals surface area contributed by atoms with Crippen LogP contribution in [0.2, 0.25) is 0 Å². The van der Waals surface area contributed by atoms with Crippen LogP contribution in [0.5, 0.6) is 0 Å². The Kier molecular flexibility index (Phi) is 16.6. The fourth-order valence-electron chi connectivity index (χ4n) is 1.03. The van der Waals surface area contributed by atoms with Gasteiger partial charge in [0.15, 0.2) is 6.29 Å². The van der Waals surface area contributed by atoms with E-state index in [4.69, 9.17) is 31.9 Å². The van der Waals surface area contributed by atoms with Gasteiger partial charge in [-0.1, -0.05) is 18.2 Å². The average molecular weight is 424 g/mol. The van der Waals surface area contributed by atoms with Gasteiger partial charge >= 0.3 is 11.9 Å². The van der Waals surface area contributed by atoms with Crippen molar-refractivity contribution in [3.05, 3.63) is 35.9 Å². The quantitative estimate of drug-likeness (QED) is 0.183. The number of nitrogens with one attached hydrogen (secondary N) is 1. The molecule has 0 bridgehead atoms. The summed E-state index contributed by atoms with van der Waals surface area (Å²) < 4.78 is 0. The van der Waals surface area contributed by atoms with Gasteiger partial charge in [0.1, 0.15) is 12.1 Å². The molecule has 1 aromatic carbocycles. The lowest BCUT2D eigenvalue weighted by molar-refractivity contribution is -0.138. The summed E-state index contributed by atoms with van der Waals surface area (Å²) in [6, 6.07) is 6.96. The monoisotopic (exact) mass is 423 g/mol. The minimum absolute atomic E-state index is 0.159. The molecule has 0 heterocycles. The molecule has 0 saturated carbocycles. The van der Waals surface area contributed by atoms with E-state index < -0.39 is 30.3 Å². The van der Waals surface area contributed by atoms with Crippen LogP contribution in [0.4, 0.5) is 0 Å². The highest BCUT2D eigenvalue weighted by molar-refractivity contribution is 7.80. The molecule has 0 aliphatic carbocycles. The number of carboxylic acid groups (broad SMARTS) is 2. The van der Waals surface area contributed by atoms with E-state index >= 15 is 0 Å². The smallest absolute Gasteiger partial charge is 0.321 e. The number of aliphatic carboxylic acids is 2. The largest absolute Gasteiger partial charge is 0.480 e. The second kappa shape index (κ2) is 16.4.